The molecular formula is C23H27BrN2O3. The predicted molar refractivity (Wildman–Crippen MR) is 118 cm³/mol. The number of hydrogen-bond donors (Lipinski definition) is 1. The molecule has 0 bridgehead atoms. The number of carbonyl (C=O) groups excluding carboxylic acids is 2. The van der Waals surface area contributed by atoms with E-state index in [0.29, 0.717) is 26.1 Å². The van der Waals surface area contributed by atoms with Crippen LogP contribution in [0.25, 0.3) is 0 Å². The van der Waals surface area contributed by atoms with Crippen molar-refractivity contribution in [2.45, 2.75) is 32.1 Å². The third kappa shape index (κ3) is 4.70. The number of likely N-dealkylation sites (N-methyl/N-ethyl adjacent to an activating group) is 1. The van der Waals surface area contributed by atoms with Crippen molar-refractivity contribution in [2.75, 3.05) is 32.1 Å². The van der Waals surface area contributed by atoms with Crippen molar-refractivity contribution < 1.29 is 14.3 Å². The number of carbonyl (C=O) groups is 2. The van der Waals surface area contributed by atoms with Crippen LogP contribution < -0.4 is 5.32 Å². The maximum Gasteiger partial charge on any atom is 0.243 e. The van der Waals surface area contributed by atoms with E-state index in [4.69, 9.17) is 4.74 Å². The van der Waals surface area contributed by atoms with Gasteiger partial charge in [-0.15, -0.1) is 0 Å². The highest BCUT2D eigenvalue weighted by Gasteiger charge is 2.43. The molecule has 2 aromatic rings. The first-order valence-corrected chi connectivity index (χ1v) is 10.6. The average Bonchev–Trinajstić information content (AvgIpc) is 2.71. The van der Waals surface area contributed by atoms with E-state index < -0.39 is 5.41 Å². The number of anilines is 1. The van der Waals surface area contributed by atoms with E-state index in [-0.39, 0.29) is 18.4 Å². The Bertz CT molecular complexity index is 889. The number of hydrogen-bond acceptors (Lipinski definition) is 3. The molecule has 3 rings (SSSR count). The van der Waals surface area contributed by atoms with Gasteiger partial charge in [0.15, 0.2) is 0 Å². The average molecular weight is 459 g/mol. The smallest absolute Gasteiger partial charge is 0.243 e. The Morgan fingerprint density at radius 3 is 2.41 bits per heavy atom. The molecule has 2 amide bonds. The van der Waals surface area contributed by atoms with Gasteiger partial charge in [0, 0.05) is 30.4 Å². The van der Waals surface area contributed by atoms with E-state index in [2.05, 4.69) is 21.2 Å². The van der Waals surface area contributed by atoms with Gasteiger partial charge >= 0.3 is 0 Å². The summed E-state index contributed by atoms with van der Waals surface area (Å²) in [6, 6.07) is 13.7. The van der Waals surface area contributed by atoms with Crippen LogP contribution >= 0.6 is 15.9 Å². The lowest BCUT2D eigenvalue weighted by molar-refractivity contribution is -0.142. The zero-order valence-corrected chi connectivity index (χ0v) is 18.7. The Hall–Kier alpha value is -2.18. The fraction of sp³-hybridized carbons (Fsp3) is 0.391. The molecule has 1 saturated heterocycles. The van der Waals surface area contributed by atoms with Crippen LogP contribution in [0, 0.1) is 13.8 Å². The summed E-state index contributed by atoms with van der Waals surface area (Å²) in [5.41, 5.74) is 3.24. The summed E-state index contributed by atoms with van der Waals surface area (Å²) in [5, 5.41) is 2.94. The van der Waals surface area contributed by atoms with Crippen molar-refractivity contribution in [1.29, 1.82) is 0 Å². The second-order valence-electron chi connectivity index (χ2n) is 7.66. The maximum absolute atomic E-state index is 13.5. The summed E-state index contributed by atoms with van der Waals surface area (Å²) in [5.74, 6) is -0.244. The predicted octanol–water partition coefficient (Wildman–Crippen LogP) is 4.21. The number of amides is 2. The molecule has 0 spiro atoms. The lowest BCUT2D eigenvalue weighted by atomic mass is 9.73. The van der Waals surface area contributed by atoms with E-state index in [9.17, 15) is 9.59 Å². The van der Waals surface area contributed by atoms with E-state index in [1.807, 2.05) is 56.3 Å². The van der Waals surface area contributed by atoms with Gasteiger partial charge in [-0.1, -0.05) is 40.2 Å². The second kappa shape index (κ2) is 9.09. The fourth-order valence-electron chi connectivity index (χ4n) is 3.84. The summed E-state index contributed by atoms with van der Waals surface area (Å²) >= 11 is 3.46. The fourth-order valence-corrected chi connectivity index (χ4v) is 4.11. The molecule has 1 fully saturated rings. The third-order valence-electron chi connectivity index (χ3n) is 5.76. The third-order valence-corrected chi connectivity index (χ3v) is 6.29. The first-order chi connectivity index (χ1) is 13.8. The minimum atomic E-state index is -0.659. The van der Waals surface area contributed by atoms with Gasteiger partial charge < -0.3 is 15.0 Å². The molecule has 1 heterocycles. The second-order valence-corrected chi connectivity index (χ2v) is 8.57. The van der Waals surface area contributed by atoms with Gasteiger partial charge in [0.25, 0.3) is 0 Å². The minimum absolute atomic E-state index is 0.00531. The molecule has 0 saturated carbocycles. The van der Waals surface area contributed by atoms with Crippen LogP contribution in [-0.4, -0.2) is 43.5 Å². The molecule has 29 heavy (non-hydrogen) atoms. The van der Waals surface area contributed by atoms with Crippen molar-refractivity contribution in [3.05, 3.63) is 63.6 Å². The molecule has 0 atom stereocenters. The molecule has 1 aliphatic rings. The van der Waals surface area contributed by atoms with Gasteiger partial charge in [0.2, 0.25) is 11.8 Å². The van der Waals surface area contributed by atoms with E-state index in [1.165, 1.54) is 4.90 Å². The SMILES string of the molecule is Cc1cccc(NC(=O)CN(C)C(=O)C2(c3ccc(Br)cc3)CCOCC2)c1C. The van der Waals surface area contributed by atoms with Crippen molar-refractivity contribution in [3.8, 4) is 0 Å². The molecule has 6 heteroatoms. The van der Waals surface area contributed by atoms with Crippen molar-refractivity contribution in [1.82, 2.24) is 4.90 Å². The molecule has 0 radical (unpaired) electrons. The molecule has 0 unspecified atom stereocenters. The first-order valence-electron chi connectivity index (χ1n) is 9.79. The van der Waals surface area contributed by atoms with Crippen molar-refractivity contribution in [3.63, 3.8) is 0 Å². The number of benzene rings is 2. The normalized spacial score (nSPS) is 15.6. The lowest BCUT2D eigenvalue weighted by Gasteiger charge is -2.39. The van der Waals surface area contributed by atoms with E-state index in [0.717, 1.165) is 26.9 Å². The van der Waals surface area contributed by atoms with Crippen LogP contribution in [0.15, 0.2) is 46.9 Å². The standard InChI is InChI=1S/C23H27BrN2O3/c1-16-5-4-6-20(17(16)2)25-21(27)15-26(3)22(28)23(11-13-29-14-12-23)18-7-9-19(24)10-8-18/h4-10H,11-15H2,1-3H3,(H,25,27). The highest BCUT2D eigenvalue weighted by molar-refractivity contribution is 9.10. The van der Waals surface area contributed by atoms with Gasteiger partial charge in [-0.05, 0) is 61.6 Å². The van der Waals surface area contributed by atoms with Crippen LogP contribution in [-0.2, 0) is 19.7 Å². The molecule has 2 aromatic carbocycles. The van der Waals surface area contributed by atoms with Gasteiger partial charge in [0.1, 0.15) is 0 Å². The Morgan fingerprint density at radius 2 is 1.76 bits per heavy atom. The molecule has 1 N–H and O–H groups in total. The molecule has 0 aliphatic carbocycles. The Kier molecular flexibility index (Phi) is 6.75. The van der Waals surface area contributed by atoms with Crippen LogP contribution in [0.5, 0.6) is 0 Å². The number of nitrogens with zero attached hydrogens (tertiary/aromatic N) is 1. The quantitative estimate of drug-likeness (QED) is 0.729. The van der Waals surface area contributed by atoms with Gasteiger partial charge in [-0.25, -0.2) is 0 Å². The zero-order valence-electron chi connectivity index (χ0n) is 17.1. The Balaban J connectivity index is 1.76. The summed E-state index contributed by atoms with van der Waals surface area (Å²) in [6.45, 7) is 5.05. The zero-order chi connectivity index (χ0) is 21.0. The van der Waals surface area contributed by atoms with Crippen LogP contribution in [0.4, 0.5) is 5.69 Å². The molecule has 0 aromatic heterocycles. The largest absolute Gasteiger partial charge is 0.381 e. The van der Waals surface area contributed by atoms with Crippen molar-refractivity contribution in [2.24, 2.45) is 0 Å². The molecule has 1 aliphatic heterocycles. The molecule has 5 nitrogen and oxygen atoms in total. The number of ether oxygens (including phenoxy) is 1. The van der Waals surface area contributed by atoms with E-state index in [1.54, 1.807) is 7.05 Å². The van der Waals surface area contributed by atoms with Gasteiger partial charge in [0.05, 0.1) is 12.0 Å². The summed E-state index contributed by atoms with van der Waals surface area (Å²) in [7, 11) is 1.70. The topological polar surface area (TPSA) is 58.6 Å². The number of nitrogens with one attached hydrogen (secondary N) is 1. The van der Waals surface area contributed by atoms with Gasteiger partial charge in [-0.2, -0.15) is 0 Å². The maximum atomic E-state index is 13.5. The van der Waals surface area contributed by atoms with Crippen LogP contribution in [0.2, 0.25) is 0 Å². The minimum Gasteiger partial charge on any atom is -0.381 e. The van der Waals surface area contributed by atoms with Crippen LogP contribution in [0.3, 0.4) is 0 Å². The van der Waals surface area contributed by atoms with Gasteiger partial charge in [-0.3, -0.25) is 9.59 Å². The number of halogens is 1. The molecular weight excluding hydrogens is 432 g/mol. The number of aryl methyl sites for hydroxylation is 1. The number of rotatable bonds is 5. The monoisotopic (exact) mass is 458 g/mol. The van der Waals surface area contributed by atoms with E-state index >= 15 is 0 Å². The van der Waals surface area contributed by atoms with Crippen molar-refractivity contribution >= 4 is 33.4 Å². The molecule has 154 valence electrons. The Morgan fingerprint density at radius 1 is 1.10 bits per heavy atom. The Labute approximate surface area is 180 Å². The highest BCUT2D eigenvalue weighted by atomic mass is 79.9. The first kappa shape index (κ1) is 21.5. The van der Waals surface area contributed by atoms with Crippen LogP contribution in [0.1, 0.15) is 29.5 Å². The highest BCUT2D eigenvalue weighted by Crippen LogP contribution is 2.37. The summed E-state index contributed by atoms with van der Waals surface area (Å²) in [4.78, 5) is 27.7. The lowest BCUT2D eigenvalue weighted by Crippen LogP contribution is -2.50. The summed E-state index contributed by atoms with van der Waals surface area (Å²) < 4.78 is 6.49. The summed E-state index contributed by atoms with van der Waals surface area (Å²) in [6.07, 6.45) is 1.22.